The Labute approximate surface area is 78.6 Å². The molecule has 0 spiro atoms. The molecule has 0 aliphatic carbocycles. The molecule has 1 fully saturated rings. The molecular weight excluding hydrogens is 168 g/mol. The molecule has 0 atom stereocenters. The fourth-order valence-electron chi connectivity index (χ4n) is 1.16. The SMILES string of the molecule is O=C1CCCNCNCCCNN1. The minimum absolute atomic E-state index is 0.0790. The van der Waals surface area contributed by atoms with Crippen LogP contribution in [0.15, 0.2) is 0 Å². The van der Waals surface area contributed by atoms with Crippen LogP contribution in [0.4, 0.5) is 0 Å². The molecular formula is C8H18N4O. The summed E-state index contributed by atoms with van der Waals surface area (Å²) in [6.45, 7) is 3.51. The van der Waals surface area contributed by atoms with Gasteiger partial charge in [0.1, 0.15) is 0 Å². The van der Waals surface area contributed by atoms with E-state index >= 15 is 0 Å². The van der Waals surface area contributed by atoms with Gasteiger partial charge in [0.25, 0.3) is 0 Å². The summed E-state index contributed by atoms with van der Waals surface area (Å²) in [5.41, 5.74) is 5.55. The summed E-state index contributed by atoms with van der Waals surface area (Å²) in [6, 6.07) is 0. The molecule has 1 aliphatic rings. The summed E-state index contributed by atoms with van der Waals surface area (Å²) in [5.74, 6) is 0.0790. The first-order valence-corrected chi connectivity index (χ1v) is 4.83. The molecule has 0 aromatic carbocycles. The quantitative estimate of drug-likeness (QED) is 0.389. The van der Waals surface area contributed by atoms with Gasteiger partial charge >= 0.3 is 0 Å². The molecule has 0 saturated carbocycles. The van der Waals surface area contributed by atoms with Gasteiger partial charge < -0.3 is 10.6 Å². The van der Waals surface area contributed by atoms with E-state index in [-0.39, 0.29) is 5.91 Å². The van der Waals surface area contributed by atoms with Crippen molar-refractivity contribution in [3.05, 3.63) is 0 Å². The van der Waals surface area contributed by atoms with Gasteiger partial charge in [0.2, 0.25) is 5.91 Å². The van der Waals surface area contributed by atoms with E-state index in [2.05, 4.69) is 21.5 Å². The van der Waals surface area contributed by atoms with E-state index in [4.69, 9.17) is 0 Å². The first-order valence-electron chi connectivity index (χ1n) is 4.83. The van der Waals surface area contributed by atoms with E-state index in [1.165, 1.54) is 0 Å². The summed E-state index contributed by atoms with van der Waals surface area (Å²) in [7, 11) is 0. The van der Waals surface area contributed by atoms with E-state index < -0.39 is 0 Å². The molecule has 1 rings (SSSR count). The zero-order valence-electron chi connectivity index (χ0n) is 7.86. The summed E-state index contributed by atoms with van der Waals surface area (Å²) in [5, 5.41) is 6.46. The largest absolute Gasteiger partial charge is 0.304 e. The van der Waals surface area contributed by atoms with E-state index in [0.717, 1.165) is 39.1 Å². The van der Waals surface area contributed by atoms with Crippen molar-refractivity contribution in [3.63, 3.8) is 0 Å². The van der Waals surface area contributed by atoms with Crippen molar-refractivity contribution in [2.24, 2.45) is 0 Å². The lowest BCUT2D eigenvalue weighted by atomic mass is 10.3. The Morgan fingerprint density at radius 1 is 1.00 bits per heavy atom. The highest BCUT2D eigenvalue weighted by Gasteiger charge is 2.00. The Balaban J connectivity index is 2.14. The van der Waals surface area contributed by atoms with Crippen LogP contribution in [0.5, 0.6) is 0 Å². The molecule has 76 valence electrons. The third-order valence-corrected chi connectivity index (χ3v) is 1.89. The molecule has 0 aromatic rings. The van der Waals surface area contributed by atoms with Crippen LogP contribution >= 0.6 is 0 Å². The van der Waals surface area contributed by atoms with Crippen molar-refractivity contribution in [2.75, 3.05) is 26.3 Å². The van der Waals surface area contributed by atoms with Gasteiger partial charge in [-0.1, -0.05) is 0 Å². The predicted octanol–water partition coefficient (Wildman–Crippen LogP) is -1.07. The number of nitrogens with one attached hydrogen (secondary N) is 4. The highest BCUT2D eigenvalue weighted by Crippen LogP contribution is 1.86. The highest BCUT2D eigenvalue weighted by atomic mass is 16.2. The average Bonchev–Trinajstić information content (AvgIpc) is 2.11. The number of carbonyl (C=O) groups excluding carboxylic acids is 1. The molecule has 1 amide bonds. The van der Waals surface area contributed by atoms with Crippen LogP contribution in [-0.2, 0) is 4.79 Å². The number of hydrazine groups is 1. The van der Waals surface area contributed by atoms with Gasteiger partial charge in [0.05, 0.1) is 0 Å². The van der Waals surface area contributed by atoms with E-state index in [1.54, 1.807) is 0 Å². The Kier molecular flexibility index (Phi) is 5.47. The van der Waals surface area contributed by atoms with Gasteiger partial charge in [-0.05, 0) is 25.9 Å². The second-order valence-corrected chi connectivity index (χ2v) is 3.11. The average molecular weight is 186 g/mol. The van der Waals surface area contributed by atoms with Gasteiger partial charge in [-0.25, -0.2) is 5.43 Å². The fraction of sp³-hybridized carbons (Fsp3) is 0.875. The highest BCUT2D eigenvalue weighted by molar-refractivity contribution is 5.75. The Hall–Kier alpha value is -0.650. The lowest BCUT2D eigenvalue weighted by molar-refractivity contribution is -0.122. The summed E-state index contributed by atoms with van der Waals surface area (Å²) in [4.78, 5) is 11.1. The summed E-state index contributed by atoms with van der Waals surface area (Å²) < 4.78 is 0. The first-order chi connectivity index (χ1) is 6.39. The molecule has 0 radical (unpaired) electrons. The minimum atomic E-state index is 0.0790. The fourth-order valence-corrected chi connectivity index (χ4v) is 1.16. The molecule has 5 heteroatoms. The molecule has 0 bridgehead atoms. The maximum atomic E-state index is 11.1. The molecule has 1 heterocycles. The van der Waals surface area contributed by atoms with Crippen molar-refractivity contribution in [2.45, 2.75) is 19.3 Å². The monoisotopic (exact) mass is 186 g/mol. The van der Waals surface area contributed by atoms with Gasteiger partial charge in [-0.3, -0.25) is 10.2 Å². The van der Waals surface area contributed by atoms with Crippen molar-refractivity contribution in [1.82, 2.24) is 21.5 Å². The van der Waals surface area contributed by atoms with Crippen molar-refractivity contribution >= 4 is 5.91 Å². The van der Waals surface area contributed by atoms with Gasteiger partial charge in [0.15, 0.2) is 0 Å². The molecule has 0 aromatic heterocycles. The van der Waals surface area contributed by atoms with E-state index in [0.29, 0.717) is 6.42 Å². The van der Waals surface area contributed by atoms with Gasteiger partial charge in [-0.2, -0.15) is 0 Å². The number of hydrogen-bond donors (Lipinski definition) is 4. The molecule has 4 N–H and O–H groups in total. The second kappa shape index (κ2) is 6.82. The van der Waals surface area contributed by atoms with Crippen LogP contribution in [0.1, 0.15) is 19.3 Å². The van der Waals surface area contributed by atoms with Crippen LogP contribution in [-0.4, -0.2) is 32.2 Å². The van der Waals surface area contributed by atoms with Crippen LogP contribution in [0, 0.1) is 0 Å². The molecule has 13 heavy (non-hydrogen) atoms. The molecule has 1 saturated heterocycles. The molecule has 5 nitrogen and oxygen atoms in total. The Bertz CT molecular complexity index is 137. The molecule has 1 aliphatic heterocycles. The van der Waals surface area contributed by atoms with Crippen molar-refractivity contribution in [3.8, 4) is 0 Å². The zero-order chi connectivity index (χ0) is 9.36. The van der Waals surface area contributed by atoms with Crippen molar-refractivity contribution < 1.29 is 4.79 Å². The summed E-state index contributed by atoms with van der Waals surface area (Å²) >= 11 is 0. The van der Waals surface area contributed by atoms with E-state index in [9.17, 15) is 4.79 Å². The summed E-state index contributed by atoms with van der Waals surface area (Å²) in [6.07, 6.45) is 2.48. The maximum absolute atomic E-state index is 11.1. The van der Waals surface area contributed by atoms with E-state index in [1.807, 2.05) is 0 Å². The number of hydrogen-bond acceptors (Lipinski definition) is 4. The number of rotatable bonds is 0. The lowest BCUT2D eigenvalue weighted by Gasteiger charge is -2.11. The Morgan fingerprint density at radius 2 is 1.77 bits per heavy atom. The molecule has 0 unspecified atom stereocenters. The third-order valence-electron chi connectivity index (χ3n) is 1.89. The predicted molar refractivity (Wildman–Crippen MR) is 50.9 cm³/mol. The number of amides is 1. The topological polar surface area (TPSA) is 65.2 Å². The van der Waals surface area contributed by atoms with Gasteiger partial charge in [-0.15, -0.1) is 0 Å². The van der Waals surface area contributed by atoms with Crippen LogP contribution in [0.2, 0.25) is 0 Å². The van der Waals surface area contributed by atoms with Gasteiger partial charge in [0, 0.05) is 19.6 Å². The number of carbonyl (C=O) groups is 1. The standard InChI is InChI=1S/C8H18N4O/c13-8-3-1-4-9-7-10-5-2-6-11-12-8/h9-11H,1-7H2,(H,12,13). The second-order valence-electron chi connectivity index (χ2n) is 3.11. The third kappa shape index (κ3) is 5.57. The maximum Gasteiger partial charge on any atom is 0.234 e. The van der Waals surface area contributed by atoms with Crippen LogP contribution in [0.3, 0.4) is 0 Å². The van der Waals surface area contributed by atoms with Crippen LogP contribution in [0.25, 0.3) is 0 Å². The smallest absolute Gasteiger partial charge is 0.234 e. The normalized spacial score (nSPS) is 22.6. The zero-order valence-corrected chi connectivity index (χ0v) is 7.86. The van der Waals surface area contributed by atoms with Crippen molar-refractivity contribution in [1.29, 1.82) is 0 Å². The first kappa shape index (κ1) is 10.4. The minimum Gasteiger partial charge on any atom is -0.304 e. The van der Waals surface area contributed by atoms with Crippen LogP contribution < -0.4 is 21.5 Å². The lowest BCUT2D eigenvalue weighted by Crippen LogP contribution is -2.40. The Morgan fingerprint density at radius 3 is 2.62 bits per heavy atom.